The third-order valence-corrected chi connectivity index (χ3v) is 25.6. The molecular formula is C104H101Cl4N25O5. The van der Waals surface area contributed by atoms with Crippen molar-refractivity contribution in [2.45, 2.75) is 70.6 Å². The van der Waals surface area contributed by atoms with E-state index in [-0.39, 0.29) is 70.7 Å². The van der Waals surface area contributed by atoms with Gasteiger partial charge in [-0.05, 0) is 136 Å². The number of hydrogen-bond donors (Lipinski definition) is 12. The molecule has 8 amide bonds. The van der Waals surface area contributed by atoms with E-state index in [1.54, 1.807) is 36.9 Å². The summed E-state index contributed by atoms with van der Waals surface area (Å²) in [6, 6.07) is 67.5. The van der Waals surface area contributed by atoms with Crippen LogP contribution in [0.3, 0.4) is 0 Å². The summed E-state index contributed by atoms with van der Waals surface area (Å²) in [6.45, 7) is 5.81. The molecule has 16 aromatic rings. The van der Waals surface area contributed by atoms with Crippen LogP contribution in [0, 0.1) is 23.7 Å². The zero-order valence-electron chi connectivity index (χ0n) is 75.5. The van der Waals surface area contributed by atoms with Crippen LogP contribution >= 0.6 is 46.4 Å². The number of ether oxygens (including phenoxy) is 1. The highest BCUT2D eigenvalue weighted by atomic mass is 35.5. The second kappa shape index (κ2) is 44.7. The number of nitrogens with zero attached hydrogens (tertiary/aromatic N) is 13. The largest absolute Gasteiger partial charge is 0.381 e. The molecule has 4 aliphatic rings. The highest BCUT2D eigenvalue weighted by Gasteiger charge is 2.29. The zero-order chi connectivity index (χ0) is 95.5. The Kier molecular flexibility index (Phi) is 30.7. The van der Waals surface area contributed by atoms with Crippen molar-refractivity contribution in [1.82, 2.24) is 86.0 Å². The van der Waals surface area contributed by atoms with E-state index < -0.39 is 0 Å². The van der Waals surface area contributed by atoms with E-state index in [1.165, 1.54) is 32.1 Å². The van der Waals surface area contributed by atoms with Crippen LogP contribution in [0.15, 0.2) is 243 Å². The number of carbonyl (C=O) groups is 4. The van der Waals surface area contributed by atoms with Crippen LogP contribution in [-0.4, -0.2) is 148 Å². The van der Waals surface area contributed by atoms with Gasteiger partial charge in [0, 0.05) is 149 Å². The van der Waals surface area contributed by atoms with Gasteiger partial charge in [-0.2, -0.15) is 0 Å². The monoisotopic (exact) mass is 1920 g/mol. The maximum absolute atomic E-state index is 12.7. The molecule has 8 aromatic heterocycles. The van der Waals surface area contributed by atoms with Crippen molar-refractivity contribution >= 4 is 161 Å². The lowest BCUT2D eigenvalue weighted by molar-refractivity contribution is 0.0671. The first-order chi connectivity index (χ1) is 67.2. The predicted octanol–water partition coefficient (Wildman–Crippen LogP) is 21.6. The van der Waals surface area contributed by atoms with Crippen LogP contribution in [0.2, 0.25) is 20.1 Å². The van der Waals surface area contributed by atoms with Gasteiger partial charge < -0.3 is 53.8 Å². The van der Waals surface area contributed by atoms with Crippen LogP contribution in [-0.2, 0) is 4.74 Å². The number of rotatable bonds is 20. The Balaban J connectivity index is 0.000000127. The molecule has 0 spiro atoms. The second-order valence-electron chi connectivity index (χ2n) is 34.4. The van der Waals surface area contributed by atoms with Crippen molar-refractivity contribution in [1.29, 1.82) is 0 Å². The van der Waals surface area contributed by atoms with E-state index in [1.807, 2.05) is 206 Å². The first-order valence-corrected chi connectivity index (χ1v) is 47.3. The topological polar surface area (TPSA) is 436 Å². The Bertz CT molecular complexity index is 6880. The number of halogens is 4. The van der Waals surface area contributed by atoms with E-state index >= 15 is 0 Å². The molecule has 0 radical (unpaired) electrons. The minimum absolute atomic E-state index is 0.127. The van der Waals surface area contributed by atoms with E-state index in [9.17, 15) is 19.2 Å². The number of nitrogens with one attached hydrogen (secondary N) is 8. The second-order valence-corrected chi connectivity index (χ2v) is 36.0. The molecule has 34 heteroatoms. The van der Waals surface area contributed by atoms with Crippen LogP contribution in [0.1, 0.15) is 70.6 Å². The number of urea groups is 4. The molecular weight excluding hydrogens is 1820 g/mol. The standard InChI is InChI=1S/C27H27ClN6O.C26H25ClN6O2.C26H25ClN6O.C25H24ClN7O/c28-21-15-20(14-19-12-7-13-30-22(19)21)24-23(18-10-5-2-6-11-18)32-25(29)26(33-24)34-27(35)31-16-17-8-3-1-4-9-17;27-20-14-19(13-18-7-4-10-29-21(18)20)23-22(17-5-2-1-3-6-17)31-24(28)25(32-23)33-26(34)30-15-16-8-11-35-12-9-16;27-20-14-19(13-18-11-6-12-29-21(18)20)23-22(17-9-2-1-3-10-17)31-24(28)25(32-23)33-26(34)30-15-16-7-4-5-8-16;1-33-13-15(14-33)12-29-25(34)32-24-23(27)30-21(16-6-3-2-4-7-16)22(31-24)18-10-17-8-5-9-28-20(17)19(26)11-18/h2,5-7,10-15,17H,1,3-4,8-9,16H2,(H2,29,32)(H2,31,33,34,35);1-7,10,13-14,16H,8-9,11-12,15H2,(H2,28,31)(H2,30,32,33,34);1-3,6,9-14,16H,4-5,7-8,15H2,(H2,28,31)(H2,30,32,33,34);2-11,15H,12-14H2,1H3,(H2,27,30)(H2,29,31,32,34). The third-order valence-electron chi connectivity index (χ3n) is 24.4. The SMILES string of the molecule is CN1CC(CNC(=O)Nc2nc(-c3cc(Cl)c4ncccc4c3)c(-c3ccccc3)nc2N)C1.Nc1nc(-c2ccccc2)c(-c2cc(Cl)c3ncccc3c2)nc1NC(=O)NCC1CCCC1.Nc1nc(-c2ccccc2)c(-c2cc(Cl)c3ncccc3c2)nc1NC(=O)NCC1CCCCC1.Nc1nc(-c2ccccc2)c(-c2cc(Cl)c3ncccc3c2)nc1NC(=O)NCC1CCOCC1. The summed E-state index contributed by atoms with van der Waals surface area (Å²) in [5.74, 6) is 3.24. The number of nitrogens with two attached hydrogens (primary N) is 4. The van der Waals surface area contributed by atoms with Gasteiger partial charge in [-0.25, -0.2) is 59.0 Å². The predicted molar refractivity (Wildman–Crippen MR) is 552 cm³/mol. The van der Waals surface area contributed by atoms with E-state index in [2.05, 4.69) is 94.4 Å². The van der Waals surface area contributed by atoms with Gasteiger partial charge in [0.1, 0.15) is 0 Å². The van der Waals surface area contributed by atoms with Crippen molar-refractivity contribution in [2.24, 2.45) is 23.7 Å². The molecule has 700 valence electrons. The Morgan fingerprint density at radius 1 is 0.304 bits per heavy atom. The lowest BCUT2D eigenvalue weighted by atomic mass is 9.89. The Labute approximate surface area is 816 Å². The number of fused-ring (bicyclic) bond motifs is 4. The van der Waals surface area contributed by atoms with Gasteiger partial charge in [0.25, 0.3) is 0 Å². The van der Waals surface area contributed by atoms with Gasteiger partial charge in [0.15, 0.2) is 46.5 Å². The molecule has 8 aromatic carbocycles. The smallest absolute Gasteiger partial charge is 0.320 e. The number of benzene rings is 8. The quantitative estimate of drug-likeness (QED) is 0.0337. The van der Waals surface area contributed by atoms with Gasteiger partial charge in [0.2, 0.25) is 0 Å². The number of anilines is 8. The summed E-state index contributed by atoms with van der Waals surface area (Å²) >= 11 is 26.2. The third kappa shape index (κ3) is 23.6. The molecule has 10 heterocycles. The van der Waals surface area contributed by atoms with E-state index in [0.717, 1.165) is 131 Å². The van der Waals surface area contributed by atoms with Gasteiger partial charge in [-0.3, -0.25) is 41.2 Å². The molecule has 2 aliphatic carbocycles. The van der Waals surface area contributed by atoms with Crippen molar-refractivity contribution in [3.63, 3.8) is 0 Å². The first-order valence-electron chi connectivity index (χ1n) is 45.8. The highest BCUT2D eigenvalue weighted by Crippen LogP contribution is 2.43. The molecule has 138 heavy (non-hydrogen) atoms. The number of amides is 8. The van der Waals surface area contributed by atoms with Crippen molar-refractivity contribution in [2.75, 3.05) is 104 Å². The molecule has 0 bridgehead atoms. The molecule has 0 unspecified atom stereocenters. The molecule has 2 aliphatic heterocycles. The lowest BCUT2D eigenvalue weighted by Gasteiger charge is -2.36. The maximum Gasteiger partial charge on any atom is 0.320 e. The number of carbonyl (C=O) groups excluding carboxylic acids is 4. The van der Waals surface area contributed by atoms with Crippen LogP contribution in [0.5, 0.6) is 0 Å². The van der Waals surface area contributed by atoms with Crippen molar-refractivity contribution in [3.8, 4) is 90.1 Å². The number of aromatic nitrogens is 12. The molecule has 20 rings (SSSR count). The average Bonchev–Trinajstić information content (AvgIpc) is 0.955. The van der Waals surface area contributed by atoms with Crippen LogP contribution in [0.4, 0.5) is 65.7 Å². The molecule has 2 saturated carbocycles. The molecule has 4 fully saturated rings. The summed E-state index contributed by atoms with van der Waals surface area (Å²) in [7, 11) is 2.05. The van der Waals surface area contributed by atoms with E-state index in [0.29, 0.717) is 138 Å². The molecule has 0 atom stereocenters. The first kappa shape index (κ1) is 94.8. The summed E-state index contributed by atoms with van der Waals surface area (Å²) in [5.41, 5.74) is 38.9. The van der Waals surface area contributed by atoms with Gasteiger partial charge in [0.05, 0.1) is 87.7 Å². The van der Waals surface area contributed by atoms with Gasteiger partial charge in [-0.1, -0.05) is 224 Å². The number of pyridine rings is 4. The number of nitrogen functional groups attached to an aromatic ring is 4. The van der Waals surface area contributed by atoms with Crippen molar-refractivity contribution in [3.05, 3.63) is 263 Å². The fraction of sp³-hybridized carbons (Fsp3) is 0.231. The van der Waals surface area contributed by atoms with Gasteiger partial charge in [-0.15, -0.1) is 0 Å². The number of hydrogen-bond acceptors (Lipinski definition) is 22. The van der Waals surface area contributed by atoms with Crippen molar-refractivity contribution < 1.29 is 23.9 Å². The Morgan fingerprint density at radius 3 is 0.804 bits per heavy atom. The zero-order valence-corrected chi connectivity index (χ0v) is 78.5. The fourth-order valence-electron chi connectivity index (χ4n) is 17.4. The molecule has 2 saturated heterocycles. The summed E-state index contributed by atoms with van der Waals surface area (Å²) in [6.07, 6.45) is 19.4. The summed E-state index contributed by atoms with van der Waals surface area (Å²) < 4.78 is 5.38. The maximum atomic E-state index is 12.7. The van der Waals surface area contributed by atoms with E-state index in [4.69, 9.17) is 94.0 Å². The normalized spacial score (nSPS) is 14.0. The molecule has 16 N–H and O–H groups in total. The Hall–Kier alpha value is -14.9. The Morgan fingerprint density at radius 2 is 0.543 bits per heavy atom. The minimum Gasteiger partial charge on any atom is -0.381 e. The lowest BCUT2D eigenvalue weighted by Crippen LogP contribution is -2.49. The number of likely N-dealkylation sites (tertiary alicyclic amines) is 1. The average molecular weight is 1920 g/mol. The highest BCUT2D eigenvalue weighted by molar-refractivity contribution is 6.37. The minimum atomic E-state index is -0.378. The fourth-order valence-corrected chi connectivity index (χ4v) is 18.5. The molecule has 30 nitrogen and oxygen atoms in total. The summed E-state index contributed by atoms with van der Waals surface area (Å²) in [5, 5.41) is 28.3. The van der Waals surface area contributed by atoms with Crippen LogP contribution in [0.25, 0.3) is 134 Å². The van der Waals surface area contributed by atoms with Crippen LogP contribution < -0.4 is 65.5 Å². The van der Waals surface area contributed by atoms with Gasteiger partial charge >= 0.3 is 24.1 Å². The summed E-state index contributed by atoms with van der Waals surface area (Å²) in [4.78, 5) is 108.